The van der Waals surface area contributed by atoms with Gasteiger partial charge >= 0.3 is 0 Å². The van der Waals surface area contributed by atoms with Gasteiger partial charge in [0.1, 0.15) is 0 Å². The summed E-state index contributed by atoms with van der Waals surface area (Å²) in [5.74, 6) is 0.0287. The highest BCUT2D eigenvalue weighted by Crippen LogP contribution is 2.62. The number of hydrogen-bond donors (Lipinski definition) is 1. The fraction of sp³-hybridized carbons (Fsp3) is 0.241. The normalized spacial score (nSPS) is 24.4. The molecule has 1 atom stereocenters. The Morgan fingerprint density at radius 3 is 2.24 bits per heavy atom. The van der Waals surface area contributed by atoms with Gasteiger partial charge in [-0.05, 0) is 41.2 Å². The maximum Gasteiger partial charge on any atom is 0.235 e. The summed E-state index contributed by atoms with van der Waals surface area (Å²) < 4.78 is 0. The van der Waals surface area contributed by atoms with Crippen LogP contribution in [0.5, 0.6) is 0 Å². The lowest BCUT2D eigenvalue weighted by molar-refractivity contribution is -0.130. The fourth-order valence-corrected chi connectivity index (χ4v) is 6.97. The zero-order chi connectivity index (χ0) is 23.5. The van der Waals surface area contributed by atoms with E-state index in [2.05, 4.69) is 60.8 Å². The van der Waals surface area contributed by atoms with Gasteiger partial charge in [-0.25, -0.2) is 4.98 Å². The lowest BCUT2D eigenvalue weighted by atomic mass is 9.49. The van der Waals surface area contributed by atoms with Gasteiger partial charge in [0.15, 0.2) is 5.13 Å². The number of benzene rings is 3. The van der Waals surface area contributed by atoms with E-state index < -0.39 is 11.0 Å². The zero-order valence-corrected chi connectivity index (χ0v) is 20.2. The first-order valence-electron chi connectivity index (χ1n) is 11.7. The highest BCUT2D eigenvalue weighted by Gasteiger charge is 2.59. The number of aromatic nitrogens is 1. The number of nitrogens with zero attached hydrogens (tertiary/aromatic N) is 2. The maximum absolute atomic E-state index is 14.2. The molecule has 0 radical (unpaired) electrons. The van der Waals surface area contributed by atoms with Crippen molar-refractivity contribution in [2.75, 3.05) is 11.9 Å². The van der Waals surface area contributed by atoms with Crippen LogP contribution in [0.3, 0.4) is 0 Å². The summed E-state index contributed by atoms with van der Waals surface area (Å²) >= 11 is 1.52. The second-order valence-corrected chi connectivity index (χ2v) is 10.7. The molecular formula is C29H27N3OS. The van der Waals surface area contributed by atoms with Crippen LogP contribution in [0.1, 0.15) is 52.8 Å². The van der Waals surface area contributed by atoms with Gasteiger partial charge in [0.05, 0.1) is 16.6 Å². The highest BCUT2D eigenvalue weighted by atomic mass is 32.1. The number of fused-ring (bicyclic) bond motifs is 1. The van der Waals surface area contributed by atoms with Crippen molar-refractivity contribution in [2.24, 2.45) is 11.1 Å². The van der Waals surface area contributed by atoms with Gasteiger partial charge in [-0.3, -0.25) is 9.69 Å². The van der Waals surface area contributed by atoms with Crippen molar-refractivity contribution in [1.29, 1.82) is 0 Å². The zero-order valence-electron chi connectivity index (χ0n) is 19.4. The van der Waals surface area contributed by atoms with Crippen molar-refractivity contribution in [3.05, 3.63) is 118 Å². The molecule has 7 rings (SSSR count). The average Bonchev–Trinajstić information content (AvgIpc) is 3.32. The molecule has 0 saturated heterocycles. The molecule has 0 fully saturated rings. The van der Waals surface area contributed by atoms with Crippen molar-refractivity contribution in [1.82, 2.24) is 4.98 Å². The minimum absolute atomic E-state index is 0.0379. The number of carbonyl (C=O) groups is 1. The van der Waals surface area contributed by atoms with Gasteiger partial charge in [0.2, 0.25) is 5.91 Å². The van der Waals surface area contributed by atoms with Crippen LogP contribution in [0.2, 0.25) is 0 Å². The number of hydrogen-bond acceptors (Lipinski definition) is 4. The van der Waals surface area contributed by atoms with E-state index in [1.165, 1.54) is 28.0 Å². The predicted molar refractivity (Wildman–Crippen MR) is 137 cm³/mol. The molecule has 0 saturated carbocycles. The Bertz CT molecular complexity index is 1350. The van der Waals surface area contributed by atoms with Crippen LogP contribution in [0.25, 0.3) is 0 Å². The molecule has 170 valence electrons. The maximum atomic E-state index is 14.2. The van der Waals surface area contributed by atoms with Crippen molar-refractivity contribution in [3.63, 3.8) is 0 Å². The number of anilines is 1. The third kappa shape index (κ3) is 3.00. The van der Waals surface area contributed by atoms with Crippen LogP contribution >= 0.6 is 11.3 Å². The summed E-state index contributed by atoms with van der Waals surface area (Å²) in [6.07, 6.45) is 1.33. The summed E-state index contributed by atoms with van der Waals surface area (Å²) in [5, 5.41) is 2.78. The van der Waals surface area contributed by atoms with Gasteiger partial charge in [-0.2, -0.15) is 0 Å². The van der Waals surface area contributed by atoms with Crippen molar-refractivity contribution in [3.8, 4) is 0 Å². The van der Waals surface area contributed by atoms with Crippen molar-refractivity contribution in [2.45, 2.75) is 31.2 Å². The third-order valence-electron chi connectivity index (χ3n) is 7.64. The van der Waals surface area contributed by atoms with E-state index >= 15 is 0 Å². The van der Waals surface area contributed by atoms with Crippen LogP contribution in [-0.4, -0.2) is 17.9 Å². The quantitative estimate of drug-likeness (QED) is 0.436. The fourth-order valence-electron chi connectivity index (χ4n) is 6.19. The third-order valence-corrected chi connectivity index (χ3v) is 8.60. The Hall–Kier alpha value is -3.28. The molecule has 3 aliphatic carbocycles. The Labute approximate surface area is 204 Å². The minimum Gasteiger partial charge on any atom is -0.318 e. The molecule has 4 nitrogen and oxygen atoms in total. The summed E-state index contributed by atoms with van der Waals surface area (Å²) in [6.45, 7) is 2.09. The average molecular weight is 466 g/mol. The smallest absolute Gasteiger partial charge is 0.235 e. The van der Waals surface area contributed by atoms with Gasteiger partial charge in [-0.1, -0.05) is 78.9 Å². The summed E-state index contributed by atoms with van der Waals surface area (Å²) in [4.78, 5) is 20.7. The molecule has 34 heavy (non-hydrogen) atoms. The lowest BCUT2D eigenvalue weighted by Crippen LogP contribution is -2.59. The van der Waals surface area contributed by atoms with E-state index in [1.54, 1.807) is 4.90 Å². The molecule has 1 amide bonds. The van der Waals surface area contributed by atoms with Crippen molar-refractivity contribution < 1.29 is 4.79 Å². The van der Waals surface area contributed by atoms with E-state index in [4.69, 9.17) is 10.7 Å². The highest BCUT2D eigenvalue weighted by molar-refractivity contribution is 7.14. The summed E-state index contributed by atoms with van der Waals surface area (Å²) in [6, 6.07) is 27.0. The van der Waals surface area contributed by atoms with Gasteiger partial charge < -0.3 is 5.73 Å². The molecule has 1 aromatic heterocycles. The lowest BCUT2D eigenvalue weighted by Gasteiger charge is -2.56. The van der Waals surface area contributed by atoms with E-state index in [1.807, 2.05) is 37.4 Å². The standard InChI is InChI=1S/C29H27N3OS/c1-28(26(33)32(2)27-31-20(17-34-27)16-19-10-4-3-5-11-19)18-29(30)23-14-8-6-12-21(23)25(28)22-13-7-9-15-24(22)29/h3-15,17,25H,16,18,30H2,1-2H3. The molecule has 1 heterocycles. The molecule has 2 bridgehead atoms. The number of nitrogens with two attached hydrogens (primary N) is 1. The Kier molecular flexibility index (Phi) is 4.77. The molecule has 5 heteroatoms. The Balaban J connectivity index is 1.37. The largest absolute Gasteiger partial charge is 0.318 e. The number of rotatable bonds is 4. The predicted octanol–water partition coefficient (Wildman–Crippen LogP) is 5.45. The van der Waals surface area contributed by atoms with E-state index in [-0.39, 0.29) is 11.8 Å². The molecule has 4 aromatic rings. The number of thiazole rings is 1. The second kappa shape index (κ2) is 7.62. The molecule has 1 unspecified atom stereocenters. The minimum atomic E-state index is -0.686. The number of amides is 1. The summed E-state index contributed by atoms with van der Waals surface area (Å²) in [5.41, 5.74) is 12.6. The molecule has 3 aromatic carbocycles. The van der Waals surface area contributed by atoms with E-state index in [0.717, 1.165) is 28.4 Å². The SMILES string of the molecule is CN(C(=O)C1(C)CC2(N)c3ccccc3C1c1ccccc12)c1nc(Cc2ccccc2)cs1. The van der Waals surface area contributed by atoms with Crippen LogP contribution in [0.15, 0.2) is 84.2 Å². The van der Waals surface area contributed by atoms with Crippen LogP contribution in [0.4, 0.5) is 5.13 Å². The second-order valence-electron chi connectivity index (χ2n) is 9.82. The molecular weight excluding hydrogens is 438 g/mol. The van der Waals surface area contributed by atoms with Gasteiger partial charge in [-0.15, -0.1) is 11.3 Å². The van der Waals surface area contributed by atoms with E-state index in [9.17, 15) is 4.79 Å². The van der Waals surface area contributed by atoms with Crippen LogP contribution in [-0.2, 0) is 16.8 Å². The van der Waals surface area contributed by atoms with Gasteiger partial charge in [0.25, 0.3) is 0 Å². The molecule has 3 aliphatic rings. The molecule has 0 aliphatic heterocycles. The monoisotopic (exact) mass is 465 g/mol. The summed E-state index contributed by atoms with van der Waals surface area (Å²) in [7, 11) is 1.85. The topological polar surface area (TPSA) is 59.2 Å². The van der Waals surface area contributed by atoms with Crippen molar-refractivity contribution >= 4 is 22.4 Å². The number of carbonyl (C=O) groups excluding carboxylic acids is 1. The first-order chi connectivity index (χ1) is 16.4. The van der Waals surface area contributed by atoms with E-state index in [0.29, 0.717) is 6.42 Å². The Morgan fingerprint density at radius 1 is 1.00 bits per heavy atom. The molecule has 0 spiro atoms. The van der Waals surface area contributed by atoms with Crippen LogP contribution < -0.4 is 10.6 Å². The Morgan fingerprint density at radius 2 is 1.59 bits per heavy atom. The molecule has 2 N–H and O–H groups in total. The van der Waals surface area contributed by atoms with Crippen LogP contribution in [0, 0.1) is 5.41 Å². The first kappa shape index (κ1) is 21.3. The first-order valence-corrected chi connectivity index (χ1v) is 12.5. The van der Waals surface area contributed by atoms with Gasteiger partial charge in [0, 0.05) is 24.8 Å².